The average Bonchev–Trinajstić information content (AvgIpc) is 2.72. The summed E-state index contributed by atoms with van der Waals surface area (Å²) in [6.07, 6.45) is 1.37. The van der Waals surface area contributed by atoms with Crippen LogP contribution in [0.5, 0.6) is 11.5 Å². The lowest BCUT2D eigenvalue weighted by Crippen LogP contribution is -2.41. The van der Waals surface area contributed by atoms with Crippen LogP contribution in [0.1, 0.15) is 35.3 Å². The van der Waals surface area contributed by atoms with Gasteiger partial charge in [-0.1, -0.05) is 24.3 Å². The van der Waals surface area contributed by atoms with Crippen molar-refractivity contribution in [1.29, 1.82) is 0 Å². The standard InChI is InChI=1S/C21H23N3O6/c1-13(2)23-19(25)20(26)24-22-11-15-6-9-17(18(10-15)29-3)30-12-14-4-7-16(8-5-14)21(27)28/h4-11,13H,12H2,1-3H3,(H,23,25)(H,24,26)(H,27,28)/p-1/b22-11-. The number of rotatable bonds is 8. The minimum Gasteiger partial charge on any atom is -0.545 e. The molecular formula is C21H22N3O6-. The van der Waals surface area contributed by atoms with E-state index >= 15 is 0 Å². The van der Waals surface area contributed by atoms with E-state index in [-0.39, 0.29) is 18.2 Å². The maximum Gasteiger partial charge on any atom is 0.329 e. The molecule has 0 bridgehead atoms. The maximum atomic E-state index is 11.6. The van der Waals surface area contributed by atoms with Gasteiger partial charge in [0.15, 0.2) is 11.5 Å². The lowest BCUT2D eigenvalue weighted by molar-refractivity contribution is -0.255. The third-order valence-corrected chi connectivity index (χ3v) is 3.78. The molecule has 0 unspecified atom stereocenters. The molecular weight excluding hydrogens is 390 g/mol. The molecule has 9 heteroatoms. The lowest BCUT2D eigenvalue weighted by Gasteiger charge is -2.12. The summed E-state index contributed by atoms with van der Waals surface area (Å²) in [4.78, 5) is 33.9. The number of benzene rings is 2. The number of methoxy groups -OCH3 is 1. The van der Waals surface area contributed by atoms with Gasteiger partial charge < -0.3 is 24.7 Å². The van der Waals surface area contributed by atoms with Crippen molar-refractivity contribution in [3.8, 4) is 11.5 Å². The van der Waals surface area contributed by atoms with Crippen LogP contribution in [0, 0.1) is 0 Å². The molecule has 0 atom stereocenters. The predicted molar refractivity (Wildman–Crippen MR) is 107 cm³/mol. The van der Waals surface area contributed by atoms with Gasteiger partial charge in [0.2, 0.25) is 0 Å². The maximum absolute atomic E-state index is 11.6. The number of amides is 2. The third-order valence-electron chi connectivity index (χ3n) is 3.78. The molecule has 0 spiro atoms. The lowest BCUT2D eigenvalue weighted by atomic mass is 10.1. The second-order valence-corrected chi connectivity index (χ2v) is 6.51. The number of carbonyl (C=O) groups excluding carboxylic acids is 3. The van der Waals surface area contributed by atoms with Gasteiger partial charge in [0.25, 0.3) is 0 Å². The molecule has 0 saturated carbocycles. The van der Waals surface area contributed by atoms with Gasteiger partial charge in [0.05, 0.1) is 19.3 Å². The molecule has 0 heterocycles. The minimum absolute atomic E-state index is 0.0914. The minimum atomic E-state index is -1.24. The highest BCUT2D eigenvalue weighted by atomic mass is 16.5. The van der Waals surface area contributed by atoms with E-state index in [9.17, 15) is 19.5 Å². The molecule has 0 aliphatic carbocycles. The van der Waals surface area contributed by atoms with Gasteiger partial charge in [0, 0.05) is 6.04 Å². The van der Waals surface area contributed by atoms with E-state index in [0.29, 0.717) is 17.1 Å². The number of nitrogens with one attached hydrogen (secondary N) is 2. The van der Waals surface area contributed by atoms with Crippen molar-refractivity contribution in [1.82, 2.24) is 10.7 Å². The van der Waals surface area contributed by atoms with Crippen LogP contribution in [0.3, 0.4) is 0 Å². The number of ether oxygens (including phenoxy) is 2. The Morgan fingerprint density at radius 2 is 1.77 bits per heavy atom. The molecule has 0 aliphatic heterocycles. The summed E-state index contributed by atoms with van der Waals surface area (Å²) in [5, 5.41) is 17.0. The first-order valence-corrected chi connectivity index (χ1v) is 9.05. The number of carboxylic acids is 1. The van der Waals surface area contributed by atoms with Crippen LogP contribution >= 0.6 is 0 Å². The second kappa shape index (κ2) is 10.6. The largest absolute Gasteiger partial charge is 0.545 e. The number of carboxylic acid groups (broad SMARTS) is 1. The van der Waals surface area contributed by atoms with E-state index in [1.165, 1.54) is 25.5 Å². The number of aromatic carboxylic acids is 1. The molecule has 9 nitrogen and oxygen atoms in total. The van der Waals surface area contributed by atoms with Gasteiger partial charge in [0.1, 0.15) is 6.61 Å². The Labute approximate surface area is 173 Å². The molecule has 0 radical (unpaired) electrons. The fourth-order valence-corrected chi connectivity index (χ4v) is 2.33. The van der Waals surface area contributed by atoms with Crippen molar-refractivity contribution in [2.75, 3.05) is 7.11 Å². The van der Waals surface area contributed by atoms with Crippen LogP contribution in [-0.2, 0) is 16.2 Å². The summed E-state index contributed by atoms with van der Waals surface area (Å²) in [5.41, 5.74) is 3.63. The van der Waals surface area contributed by atoms with Gasteiger partial charge >= 0.3 is 11.8 Å². The third kappa shape index (κ3) is 6.62. The monoisotopic (exact) mass is 412 g/mol. The summed E-state index contributed by atoms with van der Waals surface area (Å²) in [6, 6.07) is 11.0. The molecule has 2 N–H and O–H groups in total. The predicted octanol–water partition coefficient (Wildman–Crippen LogP) is 0.612. The van der Waals surface area contributed by atoms with Crippen LogP contribution in [0.25, 0.3) is 0 Å². The Bertz CT molecular complexity index is 938. The van der Waals surface area contributed by atoms with E-state index in [1.807, 2.05) is 0 Å². The summed E-state index contributed by atoms with van der Waals surface area (Å²) < 4.78 is 11.0. The smallest absolute Gasteiger partial charge is 0.329 e. The second-order valence-electron chi connectivity index (χ2n) is 6.51. The van der Waals surface area contributed by atoms with E-state index < -0.39 is 17.8 Å². The summed E-state index contributed by atoms with van der Waals surface area (Å²) in [5.74, 6) is -1.96. The fourth-order valence-electron chi connectivity index (χ4n) is 2.33. The Morgan fingerprint density at radius 1 is 1.07 bits per heavy atom. The summed E-state index contributed by atoms with van der Waals surface area (Å²) in [7, 11) is 1.48. The van der Waals surface area contributed by atoms with Gasteiger partial charge in [-0.25, -0.2) is 5.43 Å². The van der Waals surface area contributed by atoms with Crippen molar-refractivity contribution in [2.45, 2.75) is 26.5 Å². The first kappa shape index (κ1) is 22.4. The zero-order valence-corrected chi connectivity index (χ0v) is 16.8. The molecule has 0 aliphatic rings. The number of hydrogen-bond donors (Lipinski definition) is 2. The molecule has 2 aromatic rings. The molecule has 2 rings (SSSR count). The van der Waals surface area contributed by atoms with Crippen LogP contribution in [-0.4, -0.2) is 37.1 Å². The Kier molecular flexibility index (Phi) is 7.92. The van der Waals surface area contributed by atoms with Crippen LogP contribution in [0.4, 0.5) is 0 Å². The van der Waals surface area contributed by atoms with Crippen molar-refractivity contribution in [3.05, 3.63) is 59.2 Å². The van der Waals surface area contributed by atoms with Gasteiger partial charge in [-0.3, -0.25) is 9.59 Å². The molecule has 0 aromatic heterocycles. The van der Waals surface area contributed by atoms with Crippen molar-refractivity contribution in [2.24, 2.45) is 5.10 Å². The topological polar surface area (TPSA) is 129 Å². The molecule has 158 valence electrons. The van der Waals surface area contributed by atoms with E-state index in [4.69, 9.17) is 9.47 Å². The summed E-state index contributed by atoms with van der Waals surface area (Å²) >= 11 is 0. The van der Waals surface area contributed by atoms with Crippen LogP contribution < -0.4 is 25.3 Å². The highest BCUT2D eigenvalue weighted by Gasteiger charge is 2.13. The number of hydrazone groups is 1. The number of carbonyl (C=O) groups is 3. The molecule has 2 aromatic carbocycles. The van der Waals surface area contributed by atoms with Crippen LogP contribution in [0.15, 0.2) is 47.6 Å². The molecule has 0 saturated heterocycles. The Balaban J connectivity index is 1.97. The molecule has 30 heavy (non-hydrogen) atoms. The molecule has 2 amide bonds. The zero-order chi connectivity index (χ0) is 22.1. The fraction of sp³-hybridized carbons (Fsp3) is 0.238. The van der Waals surface area contributed by atoms with E-state index in [0.717, 1.165) is 5.56 Å². The zero-order valence-electron chi connectivity index (χ0n) is 16.8. The van der Waals surface area contributed by atoms with Crippen LogP contribution in [0.2, 0.25) is 0 Å². The van der Waals surface area contributed by atoms with Crippen molar-refractivity contribution >= 4 is 24.0 Å². The quantitative estimate of drug-likeness (QED) is 0.371. The Hall–Kier alpha value is -3.88. The average molecular weight is 412 g/mol. The number of nitrogens with zero attached hydrogens (tertiary/aromatic N) is 1. The van der Waals surface area contributed by atoms with Gasteiger partial charge in [-0.2, -0.15) is 5.10 Å². The SMILES string of the molecule is COc1cc(/C=N\NC(=O)C(=O)NC(C)C)ccc1OCc1ccc(C(=O)[O-])cc1. The van der Waals surface area contributed by atoms with E-state index in [2.05, 4.69) is 15.8 Å². The summed E-state index contributed by atoms with van der Waals surface area (Å²) in [6.45, 7) is 3.69. The van der Waals surface area contributed by atoms with Gasteiger partial charge in [-0.15, -0.1) is 0 Å². The highest BCUT2D eigenvalue weighted by molar-refractivity contribution is 6.35. The van der Waals surface area contributed by atoms with Crippen molar-refractivity contribution in [3.63, 3.8) is 0 Å². The molecule has 0 fully saturated rings. The first-order chi connectivity index (χ1) is 14.3. The first-order valence-electron chi connectivity index (χ1n) is 9.05. The number of hydrogen-bond acceptors (Lipinski definition) is 7. The Morgan fingerprint density at radius 3 is 2.37 bits per heavy atom. The van der Waals surface area contributed by atoms with Crippen molar-refractivity contribution < 1.29 is 29.0 Å². The van der Waals surface area contributed by atoms with Gasteiger partial charge in [-0.05, 0) is 48.7 Å². The normalized spacial score (nSPS) is 10.7. The highest BCUT2D eigenvalue weighted by Crippen LogP contribution is 2.28. The van der Waals surface area contributed by atoms with E-state index in [1.54, 1.807) is 44.2 Å².